The summed E-state index contributed by atoms with van der Waals surface area (Å²) in [5.74, 6) is 0.719. The first-order chi connectivity index (χ1) is 10.2. The smallest absolute Gasteiger partial charge is 0.134 e. The lowest BCUT2D eigenvalue weighted by Gasteiger charge is -2.13. The van der Waals surface area contributed by atoms with Gasteiger partial charge in [-0.15, -0.1) is 0 Å². The molecule has 0 amide bonds. The first kappa shape index (κ1) is 14.3. The average molecular weight is 350 g/mol. The molecule has 0 fully saturated rings. The number of halogens is 1. The monoisotopic (exact) mass is 349 g/mol. The number of hydrogen-bond donors (Lipinski definition) is 1. The van der Waals surface area contributed by atoms with E-state index >= 15 is 0 Å². The fraction of sp³-hybridized carbons (Fsp3) is 0.267. The van der Waals surface area contributed by atoms with Crippen molar-refractivity contribution in [2.75, 3.05) is 13.7 Å². The fourth-order valence-corrected chi connectivity index (χ4v) is 2.87. The van der Waals surface area contributed by atoms with E-state index in [0.29, 0.717) is 13.2 Å². The Morgan fingerprint density at radius 3 is 3.00 bits per heavy atom. The molecule has 2 N–H and O–H groups in total. The lowest BCUT2D eigenvalue weighted by atomic mass is 10.1. The number of furan rings is 1. The van der Waals surface area contributed by atoms with Crippen molar-refractivity contribution in [3.63, 3.8) is 0 Å². The quantitative estimate of drug-likeness (QED) is 0.768. The number of nitrogens with zero attached hydrogens (tertiary/aromatic N) is 2. The van der Waals surface area contributed by atoms with Gasteiger partial charge in [-0.05, 0) is 28.1 Å². The SMILES string of the molecule is COCCn1ncc(Br)c1C(N)c1cc2ccccc2o1. The molecule has 21 heavy (non-hydrogen) atoms. The summed E-state index contributed by atoms with van der Waals surface area (Å²) < 4.78 is 13.7. The van der Waals surface area contributed by atoms with Crippen molar-refractivity contribution in [2.24, 2.45) is 5.73 Å². The Morgan fingerprint density at radius 2 is 2.24 bits per heavy atom. The minimum absolute atomic E-state index is 0.383. The van der Waals surface area contributed by atoms with Crippen LogP contribution >= 0.6 is 15.9 Å². The first-order valence-electron chi connectivity index (χ1n) is 6.65. The van der Waals surface area contributed by atoms with E-state index in [1.54, 1.807) is 13.3 Å². The van der Waals surface area contributed by atoms with Gasteiger partial charge in [0.05, 0.1) is 29.5 Å². The van der Waals surface area contributed by atoms with Crippen LogP contribution in [0.25, 0.3) is 11.0 Å². The number of fused-ring (bicyclic) bond motifs is 1. The minimum Gasteiger partial charge on any atom is -0.459 e. The number of nitrogens with two attached hydrogens (primary N) is 1. The molecule has 0 saturated carbocycles. The van der Waals surface area contributed by atoms with Crippen molar-refractivity contribution in [2.45, 2.75) is 12.6 Å². The van der Waals surface area contributed by atoms with Gasteiger partial charge in [0.25, 0.3) is 0 Å². The Hall–Kier alpha value is -1.63. The third-order valence-electron chi connectivity index (χ3n) is 3.39. The molecule has 110 valence electrons. The highest BCUT2D eigenvalue weighted by molar-refractivity contribution is 9.10. The Morgan fingerprint density at radius 1 is 1.43 bits per heavy atom. The van der Waals surface area contributed by atoms with E-state index in [0.717, 1.165) is 26.9 Å². The van der Waals surface area contributed by atoms with Gasteiger partial charge in [0.1, 0.15) is 17.4 Å². The maximum atomic E-state index is 6.37. The predicted octanol–water partition coefficient (Wildman–Crippen LogP) is 3.09. The number of rotatable bonds is 5. The van der Waals surface area contributed by atoms with E-state index in [1.807, 2.05) is 35.0 Å². The maximum absolute atomic E-state index is 6.37. The van der Waals surface area contributed by atoms with Crippen LogP contribution in [0.15, 0.2) is 45.4 Å². The molecule has 2 aromatic heterocycles. The molecular weight excluding hydrogens is 334 g/mol. The van der Waals surface area contributed by atoms with Crippen LogP contribution in [-0.4, -0.2) is 23.5 Å². The minimum atomic E-state index is -0.383. The molecule has 0 saturated heterocycles. The zero-order chi connectivity index (χ0) is 14.8. The van der Waals surface area contributed by atoms with Crippen LogP contribution in [0.4, 0.5) is 0 Å². The highest BCUT2D eigenvalue weighted by Crippen LogP contribution is 2.30. The molecule has 0 bridgehead atoms. The second-order valence-electron chi connectivity index (χ2n) is 4.76. The van der Waals surface area contributed by atoms with E-state index in [4.69, 9.17) is 14.9 Å². The zero-order valence-electron chi connectivity index (χ0n) is 11.6. The van der Waals surface area contributed by atoms with Crippen LogP contribution in [0, 0.1) is 0 Å². The molecular formula is C15H16BrN3O2. The topological polar surface area (TPSA) is 66.2 Å². The number of hydrogen-bond acceptors (Lipinski definition) is 4. The number of aromatic nitrogens is 2. The van der Waals surface area contributed by atoms with Gasteiger partial charge in [-0.2, -0.15) is 5.10 Å². The van der Waals surface area contributed by atoms with Crippen LogP contribution in [0.1, 0.15) is 17.5 Å². The predicted molar refractivity (Wildman–Crippen MR) is 84.0 cm³/mol. The normalized spacial score (nSPS) is 12.9. The van der Waals surface area contributed by atoms with E-state index in [1.165, 1.54) is 0 Å². The first-order valence-corrected chi connectivity index (χ1v) is 7.44. The van der Waals surface area contributed by atoms with Gasteiger partial charge in [-0.3, -0.25) is 4.68 Å². The summed E-state index contributed by atoms with van der Waals surface area (Å²) in [6.45, 7) is 1.22. The summed E-state index contributed by atoms with van der Waals surface area (Å²) in [5.41, 5.74) is 8.09. The molecule has 1 aromatic carbocycles. The highest BCUT2D eigenvalue weighted by Gasteiger charge is 2.21. The molecule has 0 aliphatic rings. The summed E-state index contributed by atoms with van der Waals surface area (Å²) in [5, 5.41) is 5.37. The van der Waals surface area contributed by atoms with Crippen molar-refractivity contribution in [3.05, 3.63) is 52.5 Å². The van der Waals surface area contributed by atoms with E-state index < -0.39 is 0 Å². The Labute approximate surface area is 130 Å². The van der Waals surface area contributed by atoms with Gasteiger partial charge in [-0.25, -0.2) is 0 Å². The lowest BCUT2D eigenvalue weighted by Crippen LogP contribution is -2.19. The third-order valence-corrected chi connectivity index (χ3v) is 4.00. The Balaban J connectivity index is 1.97. The molecule has 5 nitrogen and oxygen atoms in total. The van der Waals surface area contributed by atoms with Gasteiger partial charge < -0.3 is 14.9 Å². The largest absolute Gasteiger partial charge is 0.459 e. The summed E-state index contributed by atoms with van der Waals surface area (Å²) in [6.07, 6.45) is 1.74. The lowest BCUT2D eigenvalue weighted by molar-refractivity contribution is 0.182. The van der Waals surface area contributed by atoms with Gasteiger partial charge >= 0.3 is 0 Å². The fourth-order valence-electron chi connectivity index (χ4n) is 2.33. The highest BCUT2D eigenvalue weighted by atomic mass is 79.9. The average Bonchev–Trinajstić information content (AvgIpc) is 3.08. The van der Waals surface area contributed by atoms with Crippen LogP contribution in [0.3, 0.4) is 0 Å². The van der Waals surface area contributed by atoms with Crippen LogP contribution in [0.5, 0.6) is 0 Å². The number of benzene rings is 1. The zero-order valence-corrected chi connectivity index (χ0v) is 13.2. The Bertz CT molecular complexity index is 717. The van der Waals surface area contributed by atoms with Crippen molar-refractivity contribution in [3.8, 4) is 0 Å². The summed E-state index contributed by atoms with van der Waals surface area (Å²) >= 11 is 3.50. The van der Waals surface area contributed by atoms with E-state index in [9.17, 15) is 0 Å². The molecule has 6 heteroatoms. The standard InChI is InChI=1S/C15H16BrN3O2/c1-20-7-6-19-15(11(16)9-18-19)14(17)13-8-10-4-2-3-5-12(10)21-13/h2-5,8-9,14H,6-7,17H2,1H3. The van der Waals surface area contributed by atoms with Crippen molar-refractivity contribution in [1.82, 2.24) is 9.78 Å². The molecule has 2 heterocycles. The van der Waals surface area contributed by atoms with Gasteiger partial charge in [0, 0.05) is 12.5 Å². The molecule has 3 rings (SSSR count). The van der Waals surface area contributed by atoms with Crippen LogP contribution in [-0.2, 0) is 11.3 Å². The maximum Gasteiger partial charge on any atom is 0.134 e. The van der Waals surface area contributed by atoms with Crippen LogP contribution < -0.4 is 5.73 Å². The summed E-state index contributed by atoms with van der Waals surface area (Å²) in [6, 6.07) is 9.45. The van der Waals surface area contributed by atoms with Gasteiger partial charge in [0.15, 0.2) is 0 Å². The molecule has 0 aliphatic carbocycles. The van der Waals surface area contributed by atoms with Crippen molar-refractivity contribution in [1.29, 1.82) is 0 Å². The second kappa shape index (κ2) is 6.01. The molecule has 1 atom stereocenters. The number of para-hydroxylation sites is 1. The third kappa shape index (κ3) is 2.74. The summed E-state index contributed by atoms with van der Waals surface area (Å²) in [7, 11) is 1.66. The number of methoxy groups -OCH3 is 1. The molecule has 1 unspecified atom stereocenters. The van der Waals surface area contributed by atoms with Crippen LogP contribution in [0.2, 0.25) is 0 Å². The molecule has 3 aromatic rings. The molecule has 0 aliphatic heterocycles. The van der Waals surface area contributed by atoms with E-state index in [2.05, 4.69) is 21.0 Å². The molecule has 0 radical (unpaired) electrons. The number of ether oxygens (including phenoxy) is 1. The van der Waals surface area contributed by atoms with Gasteiger partial charge in [0.2, 0.25) is 0 Å². The second-order valence-corrected chi connectivity index (χ2v) is 5.61. The van der Waals surface area contributed by atoms with E-state index in [-0.39, 0.29) is 6.04 Å². The summed E-state index contributed by atoms with van der Waals surface area (Å²) in [4.78, 5) is 0. The van der Waals surface area contributed by atoms with Crippen molar-refractivity contribution >= 4 is 26.9 Å². The molecule has 0 spiro atoms. The van der Waals surface area contributed by atoms with Crippen molar-refractivity contribution < 1.29 is 9.15 Å². The Kier molecular flexibility index (Phi) is 4.10. The van der Waals surface area contributed by atoms with Gasteiger partial charge in [-0.1, -0.05) is 18.2 Å².